The van der Waals surface area contributed by atoms with Crippen molar-refractivity contribution in [1.29, 1.82) is 0 Å². The minimum Gasteiger partial charge on any atom is -0.434 e. The number of benzene rings is 2. The molecule has 2 rings (SSSR count). The van der Waals surface area contributed by atoms with E-state index in [4.69, 9.17) is 0 Å². The fourth-order valence-electron chi connectivity index (χ4n) is 1.88. The third-order valence-corrected chi connectivity index (χ3v) is 2.92. The van der Waals surface area contributed by atoms with Crippen LogP contribution < -0.4 is 10.1 Å². The average molecular weight is 321 g/mol. The Balaban J connectivity index is 1.94. The first kappa shape index (κ1) is 16.6. The summed E-state index contributed by atoms with van der Waals surface area (Å²) in [6.45, 7) is -2.89. The van der Waals surface area contributed by atoms with Gasteiger partial charge in [0.2, 0.25) is 5.91 Å². The molecule has 6 heteroatoms. The van der Waals surface area contributed by atoms with Crippen molar-refractivity contribution in [1.82, 2.24) is 5.32 Å². The van der Waals surface area contributed by atoms with Crippen LogP contribution in [0.2, 0.25) is 0 Å². The number of para-hydroxylation sites is 1. The zero-order valence-electron chi connectivity index (χ0n) is 12.0. The predicted molar refractivity (Wildman–Crippen MR) is 80.4 cm³/mol. The second-order valence-electron chi connectivity index (χ2n) is 4.59. The molecule has 0 saturated carbocycles. The lowest BCUT2D eigenvalue weighted by atomic mass is 10.2. The van der Waals surface area contributed by atoms with Gasteiger partial charge in [-0.2, -0.15) is 8.78 Å². The van der Waals surface area contributed by atoms with Gasteiger partial charge in [-0.15, -0.1) is 0 Å². The number of rotatable bonds is 6. The van der Waals surface area contributed by atoms with Crippen molar-refractivity contribution in [3.05, 3.63) is 71.6 Å². The fraction of sp³-hybridized carbons (Fsp3) is 0.118. The van der Waals surface area contributed by atoms with Crippen LogP contribution in [0.3, 0.4) is 0 Å². The molecule has 0 aromatic heterocycles. The first-order valence-electron chi connectivity index (χ1n) is 6.79. The Morgan fingerprint density at radius 1 is 1.17 bits per heavy atom. The van der Waals surface area contributed by atoms with E-state index in [1.165, 1.54) is 36.4 Å². The Labute approximate surface area is 131 Å². The molecule has 0 spiro atoms. The number of carbonyl (C=O) groups excluding carboxylic acids is 1. The molecule has 1 N–H and O–H groups in total. The van der Waals surface area contributed by atoms with Gasteiger partial charge in [0, 0.05) is 18.2 Å². The normalized spacial score (nSPS) is 11.0. The van der Waals surface area contributed by atoms with Crippen molar-refractivity contribution < 1.29 is 22.7 Å². The Bertz CT molecular complexity index is 702. The lowest BCUT2D eigenvalue weighted by Gasteiger charge is -2.10. The highest BCUT2D eigenvalue weighted by Crippen LogP contribution is 2.19. The maximum Gasteiger partial charge on any atom is 0.387 e. The summed E-state index contributed by atoms with van der Waals surface area (Å²) in [4.78, 5) is 11.7. The Morgan fingerprint density at radius 3 is 2.70 bits per heavy atom. The highest BCUT2D eigenvalue weighted by atomic mass is 19.3. The van der Waals surface area contributed by atoms with Crippen LogP contribution in [0.4, 0.5) is 13.2 Å². The van der Waals surface area contributed by atoms with Gasteiger partial charge >= 0.3 is 6.61 Å². The van der Waals surface area contributed by atoms with Gasteiger partial charge in [0.15, 0.2) is 0 Å². The summed E-state index contributed by atoms with van der Waals surface area (Å²) in [6.07, 6.45) is 2.70. The van der Waals surface area contributed by atoms with Crippen LogP contribution in [-0.4, -0.2) is 12.5 Å². The van der Waals surface area contributed by atoms with Gasteiger partial charge in [-0.25, -0.2) is 4.39 Å². The summed E-state index contributed by atoms with van der Waals surface area (Å²) < 4.78 is 42.0. The van der Waals surface area contributed by atoms with Gasteiger partial charge in [0.25, 0.3) is 0 Å². The summed E-state index contributed by atoms with van der Waals surface area (Å²) in [7, 11) is 0. The Hall–Kier alpha value is -2.76. The molecule has 0 aliphatic heterocycles. The van der Waals surface area contributed by atoms with E-state index in [1.807, 2.05) is 0 Å². The van der Waals surface area contributed by atoms with Gasteiger partial charge in [-0.05, 0) is 29.8 Å². The van der Waals surface area contributed by atoms with E-state index in [-0.39, 0.29) is 12.3 Å². The molecule has 3 nitrogen and oxygen atoms in total. The van der Waals surface area contributed by atoms with E-state index in [0.717, 1.165) is 0 Å². The lowest BCUT2D eigenvalue weighted by molar-refractivity contribution is -0.116. The van der Waals surface area contributed by atoms with E-state index in [9.17, 15) is 18.0 Å². The Kier molecular flexibility index (Phi) is 5.80. The maximum absolute atomic E-state index is 13.0. The molecule has 0 bridgehead atoms. The van der Waals surface area contributed by atoms with Crippen LogP contribution in [0.1, 0.15) is 11.1 Å². The van der Waals surface area contributed by atoms with Crippen LogP contribution >= 0.6 is 0 Å². The van der Waals surface area contributed by atoms with Gasteiger partial charge in [0.05, 0.1) is 0 Å². The van der Waals surface area contributed by atoms with E-state index in [1.54, 1.807) is 24.3 Å². The smallest absolute Gasteiger partial charge is 0.387 e. The maximum atomic E-state index is 13.0. The molecule has 0 radical (unpaired) electrons. The number of halogens is 3. The van der Waals surface area contributed by atoms with E-state index < -0.39 is 18.3 Å². The Morgan fingerprint density at radius 2 is 1.96 bits per heavy atom. The molecule has 2 aromatic rings. The van der Waals surface area contributed by atoms with Crippen molar-refractivity contribution in [3.8, 4) is 5.75 Å². The standard InChI is InChI=1S/C17H14F3NO2/c18-14-6-3-4-12(10-14)8-9-16(22)21-11-13-5-1-2-7-15(13)23-17(19)20/h1-10,17H,11H2,(H,21,22)/b9-8+. The third kappa shape index (κ3) is 5.50. The molecule has 2 aromatic carbocycles. The highest BCUT2D eigenvalue weighted by Gasteiger charge is 2.09. The van der Waals surface area contributed by atoms with Gasteiger partial charge in [-0.3, -0.25) is 4.79 Å². The van der Waals surface area contributed by atoms with Crippen molar-refractivity contribution in [2.24, 2.45) is 0 Å². The van der Waals surface area contributed by atoms with Crippen LogP contribution in [0.5, 0.6) is 5.75 Å². The molecule has 0 heterocycles. The molecular weight excluding hydrogens is 307 g/mol. The first-order valence-corrected chi connectivity index (χ1v) is 6.79. The van der Waals surface area contributed by atoms with Gasteiger partial charge in [-0.1, -0.05) is 30.3 Å². The molecular formula is C17H14F3NO2. The summed E-state index contributed by atoms with van der Waals surface area (Å²) in [5.74, 6) is -0.816. The molecule has 1 amide bonds. The number of nitrogens with one attached hydrogen (secondary N) is 1. The van der Waals surface area contributed by atoms with E-state index in [2.05, 4.69) is 10.1 Å². The summed E-state index contributed by atoms with van der Waals surface area (Å²) in [5.41, 5.74) is 0.974. The number of hydrogen-bond donors (Lipinski definition) is 1. The van der Waals surface area contributed by atoms with Crippen molar-refractivity contribution in [2.75, 3.05) is 0 Å². The molecule has 120 valence electrons. The number of ether oxygens (including phenoxy) is 1. The quantitative estimate of drug-likeness (QED) is 0.823. The van der Waals surface area contributed by atoms with Crippen LogP contribution in [0, 0.1) is 5.82 Å². The molecule has 0 fully saturated rings. The second kappa shape index (κ2) is 8.03. The van der Waals surface area contributed by atoms with Crippen LogP contribution in [0.25, 0.3) is 6.08 Å². The highest BCUT2D eigenvalue weighted by molar-refractivity contribution is 5.91. The van der Waals surface area contributed by atoms with Crippen molar-refractivity contribution >= 4 is 12.0 Å². The number of amides is 1. The summed E-state index contributed by atoms with van der Waals surface area (Å²) in [6, 6.07) is 12.0. The number of carbonyl (C=O) groups is 1. The zero-order valence-corrected chi connectivity index (χ0v) is 12.0. The monoisotopic (exact) mass is 321 g/mol. The topological polar surface area (TPSA) is 38.3 Å². The third-order valence-electron chi connectivity index (χ3n) is 2.92. The zero-order chi connectivity index (χ0) is 16.7. The first-order chi connectivity index (χ1) is 11.0. The SMILES string of the molecule is O=C(/C=C/c1cccc(F)c1)NCc1ccccc1OC(F)F. The fourth-order valence-corrected chi connectivity index (χ4v) is 1.88. The molecule has 0 aliphatic rings. The largest absolute Gasteiger partial charge is 0.434 e. The predicted octanol–water partition coefficient (Wildman–Crippen LogP) is 3.76. The van der Waals surface area contributed by atoms with Crippen LogP contribution in [0.15, 0.2) is 54.6 Å². The van der Waals surface area contributed by atoms with E-state index in [0.29, 0.717) is 11.1 Å². The molecule has 0 aliphatic carbocycles. The van der Waals surface area contributed by atoms with Gasteiger partial charge in [0.1, 0.15) is 11.6 Å². The summed E-state index contributed by atoms with van der Waals surface area (Å²) >= 11 is 0. The molecule has 0 atom stereocenters. The molecule has 0 unspecified atom stereocenters. The molecule has 0 saturated heterocycles. The second-order valence-corrected chi connectivity index (χ2v) is 4.59. The molecule has 23 heavy (non-hydrogen) atoms. The minimum atomic E-state index is -2.93. The lowest BCUT2D eigenvalue weighted by Crippen LogP contribution is -2.21. The van der Waals surface area contributed by atoms with Crippen molar-refractivity contribution in [3.63, 3.8) is 0 Å². The summed E-state index contributed by atoms with van der Waals surface area (Å²) in [5, 5.41) is 2.55. The van der Waals surface area contributed by atoms with Gasteiger partial charge < -0.3 is 10.1 Å². The van der Waals surface area contributed by atoms with Crippen molar-refractivity contribution in [2.45, 2.75) is 13.2 Å². The van der Waals surface area contributed by atoms with E-state index >= 15 is 0 Å². The number of alkyl halides is 2. The minimum absolute atomic E-state index is 0.0110. The number of hydrogen-bond acceptors (Lipinski definition) is 2. The van der Waals surface area contributed by atoms with Crippen LogP contribution in [-0.2, 0) is 11.3 Å². The average Bonchev–Trinajstić information content (AvgIpc) is 2.51.